The second-order valence-corrected chi connectivity index (χ2v) is 9.52. The normalized spacial score (nSPS) is 17.4. The number of halogens is 3. The summed E-state index contributed by atoms with van der Waals surface area (Å²) < 4.78 is 69.5. The fourth-order valence-electron chi connectivity index (χ4n) is 3.45. The molecular formula is C18H19F3O7S. The number of esters is 1. The van der Waals surface area contributed by atoms with Gasteiger partial charge >= 0.3 is 17.4 Å². The third-order valence-electron chi connectivity index (χ3n) is 4.78. The van der Waals surface area contributed by atoms with Crippen molar-refractivity contribution in [3.63, 3.8) is 0 Å². The zero-order valence-electron chi connectivity index (χ0n) is 16.0. The molecule has 1 unspecified atom stereocenters. The summed E-state index contributed by atoms with van der Waals surface area (Å²) in [6, 6.07) is 1.12. The molecule has 1 aliphatic rings. The number of sulfone groups is 1. The van der Waals surface area contributed by atoms with E-state index in [1.54, 1.807) is 13.8 Å². The van der Waals surface area contributed by atoms with Gasteiger partial charge in [-0.2, -0.15) is 13.2 Å². The molecular weight excluding hydrogens is 417 g/mol. The van der Waals surface area contributed by atoms with Crippen molar-refractivity contribution in [2.75, 3.05) is 7.11 Å². The quantitative estimate of drug-likeness (QED) is 0.721. The number of ketones is 1. The number of carboxylic acids is 1. The summed E-state index contributed by atoms with van der Waals surface area (Å²) in [6.07, 6.45) is -0.218. The van der Waals surface area contributed by atoms with Crippen molar-refractivity contribution >= 4 is 27.6 Å². The molecule has 1 N–H and O–H groups in total. The summed E-state index contributed by atoms with van der Waals surface area (Å²) in [6.45, 7) is 4.43. The van der Waals surface area contributed by atoms with E-state index in [4.69, 9.17) is 0 Å². The van der Waals surface area contributed by atoms with Crippen LogP contribution in [0, 0.1) is 5.41 Å². The summed E-state index contributed by atoms with van der Waals surface area (Å²) in [5, 5.41) is 9.34. The van der Waals surface area contributed by atoms with E-state index in [0.717, 1.165) is 20.1 Å². The fraction of sp³-hybridized carbons (Fsp3) is 0.500. The average Bonchev–Trinajstić information content (AvgIpc) is 2.56. The van der Waals surface area contributed by atoms with Crippen molar-refractivity contribution in [1.29, 1.82) is 0 Å². The summed E-state index contributed by atoms with van der Waals surface area (Å²) >= 11 is 0. The predicted octanol–water partition coefficient (Wildman–Crippen LogP) is 3.11. The smallest absolute Gasteiger partial charge is 0.481 e. The van der Waals surface area contributed by atoms with Crippen molar-refractivity contribution < 1.29 is 45.8 Å². The molecule has 0 saturated carbocycles. The van der Waals surface area contributed by atoms with Crippen molar-refractivity contribution in [2.45, 2.75) is 49.9 Å². The first-order valence-corrected chi connectivity index (χ1v) is 9.89. The van der Waals surface area contributed by atoms with Crippen LogP contribution in [0.25, 0.3) is 0 Å². The number of benzene rings is 1. The number of Topliss-reactive ketones (excluding diaryl/α,β-unsaturated/α-hetero) is 1. The lowest BCUT2D eigenvalue weighted by Crippen LogP contribution is -2.34. The van der Waals surface area contributed by atoms with Crippen LogP contribution in [-0.4, -0.2) is 43.9 Å². The maximum Gasteiger partial charge on any atom is 0.501 e. The van der Waals surface area contributed by atoms with E-state index >= 15 is 0 Å². The van der Waals surface area contributed by atoms with Gasteiger partial charge in [0.2, 0.25) is 0 Å². The molecule has 0 amide bonds. The van der Waals surface area contributed by atoms with Crippen molar-refractivity contribution in [3.05, 3.63) is 28.3 Å². The third-order valence-corrected chi connectivity index (χ3v) is 6.34. The van der Waals surface area contributed by atoms with Gasteiger partial charge in [0.05, 0.1) is 18.6 Å². The first-order valence-electron chi connectivity index (χ1n) is 8.40. The van der Waals surface area contributed by atoms with Crippen molar-refractivity contribution in [3.8, 4) is 0 Å². The van der Waals surface area contributed by atoms with Crippen LogP contribution in [0.3, 0.4) is 0 Å². The number of ether oxygens (including phenoxy) is 1. The number of carboxylic acid groups (broad SMARTS) is 1. The molecule has 0 aliphatic heterocycles. The number of methoxy groups -OCH3 is 1. The summed E-state index contributed by atoms with van der Waals surface area (Å²) in [5.74, 6) is -5.38. The number of carbonyl (C=O) groups is 3. The van der Waals surface area contributed by atoms with Crippen LogP contribution in [0.15, 0.2) is 11.0 Å². The van der Waals surface area contributed by atoms with Gasteiger partial charge in [0.25, 0.3) is 9.84 Å². The van der Waals surface area contributed by atoms with E-state index < -0.39 is 66.0 Å². The molecule has 2 rings (SSSR count). The lowest BCUT2D eigenvalue weighted by Gasteiger charge is -2.33. The van der Waals surface area contributed by atoms with Gasteiger partial charge in [-0.1, -0.05) is 19.9 Å². The van der Waals surface area contributed by atoms with Gasteiger partial charge in [-0.15, -0.1) is 0 Å². The first kappa shape index (κ1) is 22.9. The molecule has 1 aromatic carbocycles. The molecule has 160 valence electrons. The highest BCUT2D eigenvalue weighted by Gasteiger charge is 2.52. The Morgan fingerprint density at radius 2 is 1.79 bits per heavy atom. The number of aliphatic carboxylic acids is 1. The topological polar surface area (TPSA) is 115 Å². The first-order chi connectivity index (χ1) is 13.0. The van der Waals surface area contributed by atoms with E-state index in [1.807, 2.05) is 0 Å². The summed E-state index contributed by atoms with van der Waals surface area (Å²) in [7, 11) is -5.36. The zero-order valence-corrected chi connectivity index (χ0v) is 16.8. The Morgan fingerprint density at radius 3 is 2.24 bits per heavy atom. The molecule has 1 aromatic rings. The maximum atomic E-state index is 13.4. The third kappa shape index (κ3) is 3.87. The molecule has 29 heavy (non-hydrogen) atoms. The lowest BCUT2D eigenvalue weighted by molar-refractivity contribution is -0.138. The van der Waals surface area contributed by atoms with Gasteiger partial charge in [0, 0.05) is 12.0 Å². The number of alkyl halides is 3. The number of rotatable bonds is 4. The molecule has 0 radical (unpaired) electrons. The van der Waals surface area contributed by atoms with E-state index in [2.05, 4.69) is 4.74 Å². The van der Waals surface area contributed by atoms with Gasteiger partial charge in [-0.25, -0.2) is 13.2 Å². The predicted molar refractivity (Wildman–Crippen MR) is 93.5 cm³/mol. The highest BCUT2D eigenvalue weighted by atomic mass is 32.2. The highest BCUT2D eigenvalue weighted by Crippen LogP contribution is 2.44. The minimum absolute atomic E-state index is 0.0231. The molecule has 0 saturated heterocycles. The fourth-order valence-corrected chi connectivity index (χ4v) is 4.67. The second kappa shape index (κ2) is 7.12. The highest BCUT2D eigenvalue weighted by molar-refractivity contribution is 7.92. The number of fused-ring (bicyclic) bond motifs is 1. The standard InChI is InChI=1S/C18H19F3O7S/c1-8(15(23)24)10-5-9-6-17(2,3)7-11(22)12(9)14(13(10)16(25)28-4)29(26,27)18(19,20)21/h5,8H,6-7H2,1-4H3,(H,23,24). The van der Waals surface area contributed by atoms with E-state index in [-0.39, 0.29) is 18.4 Å². The van der Waals surface area contributed by atoms with Crippen LogP contribution in [0.1, 0.15) is 65.0 Å². The van der Waals surface area contributed by atoms with Crippen LogP contribution in [0.4, 0.5) is 13.2 Å². The molecule has 0 spiro atoms. The summed E-state index contributed by atoms with van der Waals surface area (Å²) in [5.41, 5.74) is -8.84. The Bertz CT molecular complexity index is 1010. The van der Waals surface area contributed by atoms with Crippen molar-refractivity contribution in [2.24, 2.45) is 5.41 Å². The second-order valence-electron chi connectivity index (χ2n) is 7.65. The van der Waals surface area contributed by atoms with E-state index in [1.165, 1.54) is 0 Å². The maximum absolute atomic E-state index is 13.4. The molecule has 0 bridgehead atoms. The van der Waals surface area contributed by atoms with Gasteiger partial charge in [0.15, 0.2) is 5.78 Å². The minimum Gasteiger partial charge on any atom is -0.481 e. The van der Waals surface area contributed by atoms with Crippen LogP contribution in [0.5, 0.6) is 0 Å². The SMILES string of the molecule is COC(=O)c1c(C(C)C(=O)O)cc2c(c1S(=O)(=O)C(F)(F)F)C(=O)CC(C)(C)C2. The van der Waals surface area contributed by atoms with Crippen LogP contribution in [-0.2, 0) is 25.8 Å². The minimum atomic E-state index is -6.17. The van der Waals surface area contributed by atoms with Crippen LogP contribution < -0.4 is 0 Å². The molecule has 0 aromatic heterocycles. The van der Waals surface area contributed by atoms with Gasteiger partial charge in [0.1, 0.15) is 4.90 Å². The molecule has 7 nitrogen and oxygen atoms in total. The average molecular weight is 436 g/mol. The Kier molecular flexibility index (Phi) is 5.61. The van der Waals surface area contributed by atoms with E-state index in [0.29, 0.717) is 0 Å². The van der Waals surface area contributed by atoms with Gasteiger partial charge in [-0.05, 0) is 29.9 Å². The van der Waals surface area contributed by atoms with Crippen LogP contribution in [0.2, 0.25) is 0 Å². The monoisotopic (exact) mass is 436 g/mol. The number of hydrogen-bond acceptors (Lipinski definition) is 6. The lowest BCUT2D eigenvalue weighted by atomic mass is 9.72. The van der Waals surface area contributed by atoms with E-state index in [9.17, 15) is 41.1 Å². The van der Waals surface area contributed by atoms with Crippen LogP contribution >= 0.6 is 0 Å². The molecule has 1 atom stereocenters. The molecule has 11 heteroatoms. The number of hydrogen-bond donors (Lipinski definition) is 1. The largest absolute Gasteiger partial charge is 0.501 e. The number of carbonyl (C=O) groups excluding carboxylic acids is 2. The van der Waals surface area contributed by atoms with Crippen molar-refractivity contribution in [1.82, 2.24) is 0 Å². The van der Waals surface area contributed by atoms with Gasteiger partial charge in [-0.3, -0.25) is 9.59 Å². The zero-order chi connectivity index (χ0) is 22.5. The molecule has 0 heterocycles. The van der Waals surface area contributed by atoms with Gasteiger partial charge < -0.3 is 9.84 Å². The Morgan fingerprint density at radius 1 is 1.24 bits per heavy atom. The Balaban J connectivity index is 3.13. The summed E-state index contributed by atoms with van der Waals surface area (Å²) in [4.78, 5) is 35.0. The molecule has 0 fully saturated rings. The Hall–Kier alpha value is -2.43. The Labute approximate surface area is 164 Å². The molecule has 1 aliphatic carbocycles.